The third kappa shape index (κ3) is 3.22. The fourth-order valence-corrected chi connectivity index (χ4v) is 2.58. The first-order chi connectivity index (χ1) is 9.65. The van der Waals surface area contributed by atoms with Gasteiger partial charge in [-0.1, -0.05) is 6.92 Å². The predicted octanol–water partition coefficient (Wildman–Crippen LogP) is 1.61. The van der Waals surface area contributed by atoms with Gasteiger partial charge in [-0.15, -0.1) is 0 Å². The molecule has 0 aromatic heterocycles. The third-order valence-electron chi connectivity index (χ3n) is 3.70. The summed E-state index contributed by atoms with van der Waals surface area (Å²) in [6.07, 6.45) is 1.95. The quantitative estimate of drug-likeness (QED) is 0.878. The van der Waals surface area contributed by atoms with Crippen molar-refractivity contribution in [1.82, 2.24) is 10.2 Å². The molecule has 0 aliphatic carbocycles. The van der Waals surface area contributed by atoms with Crippen LogP contribution in [0.5, 0.6) is 11.5 Å². The number of likely N-dealkylation sites (tertiary alicyclic amines) is 1. The van der Waals surface area contributed by atoms with E-state index in [9.17, 15) is 9.90 Å². The summed E-state index contributed by atoms with van der Waals surface area (Å²) < 4.78 is 4.98. The van der Waals surface area contributed by atoms with E-state index in [1.165, 1.54) is 13.2 Å². The summed E-state index contributed by atoms with van der Waals surface area (Å²) in [7, 11) is 1.49. The van der Waals surface area contributed by atoms with Crippen LogP contribution in [0.15, 0.2) is 18.2 Å². The fraction of sp³-hybridized carbons (Fsp3) is 0.533. The molecular formula is C15H22N2O3. The molecule has 0 atom stereocenters. The molecule has 1 aromatic rings. The average Bonchev–Trinajstić information content (AvgIpc) is 2.47. The monoisotopic (exact) mass is 278 g/mol. The number of hydrogen-bond donors (Lipinski definition) is 2. The van der Waals surface area contributed by atoms with Gasteiger partial charge in [0.1, 0.15) is 0 Å². The number of carbonyl (C=O) groups excluding carboxylic acids is 1. The second-order valence-corrected chi connectivity index (χ2v) is 5.01. The number of aromatic hydroxyl groups is 1. The summed E-state index contributed by atoms with van der Waals surface area (Å²) in [5, 5.41) is 13.2. The van der Waals surface area contributed by atoms with Crippen molar-refractivity contribution in [1.29, 1.82) is 0 Å². The van der Waals surface area contributed by atoms with Crippen LogP contribution in [-0.4, -0.2) is 48.7 Å². The van der Waals surface area contributed by atoms with Gasteiger partial charge in [0.2, 0.25) is 0 Å². The van der Waals surface area contributed by atoms with Crippen molar-refractivity contribution in [3.05, 3.63) is 23.8 Å². The second kappa shape index (κ2) is 6.61. The summed E-state index contributed by atoms with van der Waals surface area (Å²) in [6.45, 7) is 4.56. The number of ether oxygens (including phenoxy) is 1. The molecule has 0 radical (unpaired) electrons. The Hall–Kier alpha value is -1.75. The first kappa shape index (κ1) is 14.7. The summed E-state index contributed by atoms with van der Waals surface area (Å²) in [5.74, 6) is 0.353. The van der Waals surface area contributed by atoms with Crippen LogP contribution in [-0.2, 0) is 0 Å². The number of nitrogens with one attached hydrogen (secondary N) is 1. The van der Waals surface area contributed by atoms with E-state index >= 15 is 0 Å². The minimum atomic E-state index is -0.0297. The number of phenols is 1. The van der Waals surface area contributed by atoms with Crippen LogP contribution in [0.1, 0.15) is 30.1 Å². The van der Waals surface area contributed by atoms with Crippen molar-refractivity contribution in [2.45, 2.75) is 25.8 Å². The molecular weight excluding hydrogens is 256 g/mol. The molecule has 0 bridgehead atoms. The number of amides is 1. The molecule has 20 heavy (non-hydrogen) atoms. The van der Waals surface area contributed by atoms with E-state index in [1.54, 1.807) is 12.1 Å². The van der Waals surface area contributed by atoms with E-state index in [0.717, 1.165) is 32.5 Å². The Bertz CT molecular complexity index is 468. The molecule has 5 heteroatoms. The number of nitrogens with zero attached hydrogens (tertiary/aromatic N) is 1. The highest BCUT2D eigenvalue weighted by molar-refractivity contribution is 5.95. The van der Waals surface area contributed by atoms with Gasteiger partial charge in [0.05, 0.1) is 7.11 Å². The Morgan fingerprint density at radius 1 is 1.45 bits per heavy atom. The summed E-state index contributed by atoms with van der Waals surface area (Å²) in [5.41, 5.74) is 0.505. The van der Waals surface area contributed by atoms with Crippen LogP contribution in [0.25, 0.3) is 0 Å². The topological polar surface area (TPSA) is 61.8 Å². The number of carbonyl (C=O) groups is 1. The van der Waals surface area contributed by atoms with Gasteiger partial charge in [-0.25, -0.2) is 0 Å². The van der Waals surface area contributed by atoms with Crippen LogP contribution in [0.3, 0.4) is 0 Å². The number of phenolic OH excluding ortho intramolecular Hbond substituents is 1. The molecule has 1 fully saturated rings. The van der Waals surface area contributed by atoms with Crippen LogP contribution in [0.2, 0.25) is 0 Å². The molecule has 110 valence electrons. The molecule has 1 heterocycles. The molecule has 1 aromatic carbocycles. The molecule has 0 spiro atoms. The first-order valence-electron chi connectivity index (χ1n) is 7.05. The second-order valence-electron chi connectivity index (χ2n) is 5.01. The SMILES string of the molecule is CCNC1CCN(C(=O)c2ccc(OC)c(O)c2)CC1. The fourth-order valence-electron chi connectivity index (χ4n) is 2.58. The Kier molecular flexibility index (Phi) is 4.84. The van der Waals surface area contributed by atoms with Crippen molar-refractivity contribution in [2.75, 3.05) is 26.7 Å². The normalized spacial score (nSPS) is 16.2. The van der Waals surface area contributed by atoms with Crippen molar-refractivity contribution in [3.63, 3.8) is 0 Å². The van der Waals surface area contributed by atoms with Crippen molar-refractivity contribution < 1.29 is 14.6 Å². The number of rotatable bonds is 4. The maximum Gasteiger partial charge on any atom is 0.253 e. The molecule has 2 rings (SSSR count). The average molecular weight is 278 g/mol. The highest BCUT2D eigenvalue weighted by Gasteiger charge is 2.23. The van der Waals surface area contributed by atoms with E-state index < -0.39 is 0 Å². The van der Waals surface area contributed by atoms with Gasteiger partial charge in [0, 0.05) is 24.7 Å². The Morgan fingerprint density at radius 2 is 2.15 bits per heavy atom. The van der Waals surface area contributed by atoms with Gasteiger partial charge in [-0.3, -0.25) is 4.79 Å². The van der Waals surface area contributed by atoms with Gasteiger partial charge in [0.25, 0.3) is 5.91 Å². The predicted molar refractivity (Wildman–Crippen MR) is 77.3 cm³/mol. The molecule has 0 saturated carbocycles. The zero-order valence-corrected chi connectivity index (χ0v) is 12.1. The Morgan fingerprint density at radius 3 is 2.70 bits per heavy atom. The van der Waals surface area contributed by atoms with Gasteiger partial charge >= 0.3 is 0 Å². The summed E-state index contributed by atoms with van der Waals surface area (Å²) >= 11 is 0. The molecule has 0 unspecified atom stereocenters. The molecule has 2 N–H and O–H groups in total. The highest BCUT2D eigenvalue weighted by Crippen LogP contribution is 2.27. The number of hydrogen-bond acceptors (Lipinski definition) is 4. The van der Waals surface area contributed by atoms with E-state index in [4.69, 9.17) is 4.74 Å². The van der Waals surface area contributed by atoms with Gasteiger partial charge < -0.3 is 20.1 Å². The number of benzene rings is 1. The number of piperidine rings is 1. The largest absolute Gasteiger partial charge is 0.504 e. The molecule has 5 nitrogen and oxygen atoms in total. The van der Waals surface area contributed by atoms with Crippen LogP contribution in [0.4, 0.5) is 0 Å². The maximum atomic E-state index is 12.4. The molecule has 1 saturated heterocycles. The van der Waals surface area contributed by atoms with Crippen LogP contribution < -0.4 is 10.1 Å². The van der Waals surface area contributed by atoms with Crippen LogP contribution in [0, 0.1) is 0 Å². The lowest BCUT2D eigenvalue weighted by Crippen LogP contribution is -2.44. The van der Waals surface area contributed by atoms with E-state index in [2.05, 4.69) is 12.2 Å². The van der Waals surface area contributed by atoms with Gasteiger partial charge in [-0.2, -0.15) is 0 Å². The third-order valence-corrected chi connectivity index (χ3v) is 3.70. The molecule has 1 amide bonds. The van der Waals surface area contributed by atoms with E-state index in [0.29, 0.717) is 17.4 Å². The minimum absolute atomic E-state index is 0.000820. The Labute approximate surface area is 119 Å². The van der Waals surface area contributed by atoms with Gasteiger partial charge in [0.15, 0.2) is 11.5 Å². The standard InChI is InChI=1S/C15H22N2O3/c1-3-16-12-6-8-17(9-7-12)15(19)11-4-5-14(20-2)13(18)10-11/h4-5,10,12,16,18H,3,6-9H2,1-2H3. The van der Waals surface area contributed by atoms with E-state index in [1.807, 2.05) is 4.90 Å². The minimum Gasteiger partial charge on any atom is -0.504 e. The summed E-state index contributed by atoms with van der Waals surface area (Å²) in [6, 6.07) is 5.29. The zero-order chi connectivity index (χ0) is 14.5. The lowest BCUT2D eigenvalue weighted by Gasteiger charge is -2.32. The lowest BCUT2D eigenvalue weighted by atomic mass is 10.0. The maximum absolute atomic E-state index is 12.4. The summed E-state index contributed by atoms with van der Waals surface area (Å²) in [4.78, 5) is 14.2. The van der Waals surface area contributed by atoms with E-state index in [-0.39, 0.29) is 11.7 Å². The highest BCUT2D eigenvalue weighted by atomic mass is 16.5. The van der Waals surface area contributed by atoms with Crippen molar-refractivity contribution in [3.8, 4) is 11.5 Å². The Balaban J connectivity index is 2.00. The van der Waals surface area contributed by atoms with Crippen LogP contribution >= 0.6 is 0 Å². The van der Waals surface area contributed by atoms with Crippen molar-refractivity contribution in [2.24, 2.45) is 0 Å². The lowest BCUT2D eigenvalue weighted by molar-refractivity contribution is 0.0705. The molecule has 1 aliphatic heterocycles. The number of methoxy groups -OCH3 is 1. The zero-order valence-electron chi connectivity index (χ0n) is 12.1. The smallest absolute Gasteiger partial charge is 0.253 e. The first-order valence-corrected chi connectivity index (χ1v) is 7.05. The molecule has 1 aliphatic rings. The van der Waals surface area contributed by atoms with Crippen molar-refractivity contribution >= 4 is 5.91 Å². The van der Waals surface area contributed by atoms with Gasteiger partial charge in [-0.05, 0) is 37.6 Å².